The van der Waals surface area contributed by atoms with E-state index < -0.39 is 33.3 Å². The van der Waals surface area contributed by atoms with Gasteiger partial charge < -0.3 is 14.2 Å². The standard InChI is InChI=1S/C24H20N4O8/c1-34-20-11-9-16-21(36-24(29)22(16)23(20)35-2)13-18(14-6-4-3-5-7-14)26-25-17-10-8-15(27(30)31)12-19(17)28(32)33/h3-12,21,25H,13H2,1-2H3/b26-18+. The largest absolute Gasteiger partial charge is 0.493 e. The third-order valence-electron chi connectivity index (χ3n) is 5.56. The zero-order valence-corrected chi connectivity index (χ0v) is 19.2. The van der Waals surface area contributed by atoms with Crippen molar-refractivity contribution in [2.45, 2.75) is 12.5 Å². The van der Waals surface area contributed by atoms with E-state index in [9.17, 15) is 25.0 Å². The summed E-state index contributed by atoms with van der Waals surface area (Å²) in [6.45, 7) is 0. The number of non-ortho nitro benzene ring substituents is 1. The van der Waals surface area contributed by atoms with Gasteiger partial charge in [-0.3, -0.25) is 25.7 Å². The van der Waals surface area contributed by atoms with Crippen molar-refractivity contribution in [1.29, 1.82) is 0 Å². The minimum atomic E-state index is -0.734. The van der Waals surface area contributed by atoms with E-state index in [-0.39, 0.29) is 23.4 Å². The summed E-state index contributed by atoms with van der Waals surface area (Å²) in [5, 5.41) is 26.9. The van der Waals surface area contributed by atoms with E-state index in [1.807, 2.05) is 6.07 Å². The van der Waals surface area contributed by atoms with E-state index >= 15 is 0 Å². The number of hydrogen-bond acceptors (Lipinski definition) is 10. The van der Waals surface area contributed by atoms with E-state index in [1.165, 1.54) is 20.3 Å². The van der Waals surface area contributed by atoms with Gasteiger partial charge in [0, 0.05) is 18.1 Å². The monoisotopic (exact) mass is 492 g/mol. The number of fused-ring (bicyclic) bond motifs is 1. The van der Waals surface area contributed by atoms with Crippen molar-refractivity contribution in [2.75, 3.05) is 19.6 Å². The molecule has 36 heavy (non-hydrogen) atoms. The number of methoxy groups -OCH3 is 2. The molecule has 3 aromatic rings. The van der Waals surface area contributed by atoms with Gasteiger partial charge in [0.15, 0.2) is 11.5 Å². The van der Waals surface area contributed by atoms with Gasteiger partial charge in [-0.1, -0.05) is 36.4 Å². The molecule has 1 unspecified atom stereocenters. The van der Waals surface area contributed by atoms with Gasteiger partial charge in [-0.25, -0.2) is 4.79 Å². The fourth-order valence-corrected chi connectivity index (χ4v) is 3.87. The maximum atomic E-state index is 12.7. The zero-order valence-electron chi connectivity index (χ0n) is 19.2. The first kappa shape index (κ1) is 24.1. The Labute approximate surface area is 204 Å². The van der Waals surface area contributed by atoms with Gasteiger partial charge in [0.1, 0.15) is 17.4 Å². The fourth-order valence-electron chi connectivity index (χ4n) is 3.87. The molecular weight excluding hydrogens is 472 g/mol. The number of rotatable bonds is 9. The van der Waals surface area contributed by atoms with Crippen molar-refractivity contribution in [3.63, 3.8) is 0 Å². The molecular formula is C24H20N4O8. The SMILES string of the molecule is COc1ccc2c(c1OC)C(=O)OC2C/C(=N\Nc1ccc([N+](=O)[O-])cc1[N+](=O)[O-])c1ccccc1. The quantitative estimate of drug-likeness (QED) is 0.195. The Kier molecular flexibility index (Phi) is 6.77. The second-order valence-electron chi connectivity index (χ2n) is 7.62. The van der Waals surface area contributed by atoms with Gasteiger partial charge in [0.2, 0.25) is 0 Å². The molecule has 0 amide bonds. The van der Waals surface area contributed by atoms with Crippen LogP contribution in [0.5, 0.6) is 11.5 Å². The van der Waals surface area contributed by atoms with Crippen LogP contribution >= 0.6 is 0 Å². The second-order valence-corrected chi connectivity index (χ2v) is 7.62. The Morgan fingerprint density at radius 2 is 1.78 bits per heavy atom. The van der Waals surface area contributed by atoms with Gasteiger partial charge in [0.25, 0.3) is 5.69 Å². The van der Waals surface area contributed by atoms with Crippen LogP contribution in [0.2, 0.25) is 0 Å². The Morgan fingerprint density at radius 3 is 2.42 bits per heavy atom. The van der Waals surface area contributed by atoms with Gasteiger partial charge in [-0.15, -0.1) is 0 Å². The summed E-state index contributed by atoms with van der Waals surface area (Å²) < 4.78 is 16.3. The van der Waals surface area contributed by atoms with Gasteiger partial charge >= 0.3 is 11.7 Å². The van der Waals surface area contributed by atoms with Crippen molar-refractivity contribution < 1.29 is 28.9 Å². The third-order valence-corrected chi connectivity index (χ3v) is 5.56. The van der Waals surface area contributed by atoms with Crippen molar-refractivity contribution in [3.8, 4) is 11.5 Å². The summed E-state index contributed by atoms with van der Waals surface area (Å²) in [6.07, 6.45) is -0.577. The highest BCUT2D eigenvalue weighted by molar-refractivity contribution is 6.03. The third kappa shape index (κ3) is 4.64. The smallest absolute Gasteiger partial charge is 0.343 e. The molecule has 1 N–H and O–H groups in total. The molecule has 0 aromatic heterocycles. The Bertz CT molecular complexity index is 1370. The predicted molar refractivity (Wildman–Crippen MR) is 129 cm³/mol. The van der Waals surface area contributed by atoms with E-state index in [0.717, 1.165) is 12.1 Å². The van der Waals surface area contributed by atoms with Crippen LogP contribution in [-0.4, -0.2) is 35.7 Å². The van der Waals surface area contributed by atoms with Crippen LogP contribution in [0.4, 0.5) is 17.1 Å². The molecule has 1 aliphatic rings. The van der Waals surface area contributed by atoms with Crippen molar-refractivity contribution in [3.05, 3.63) is 97.6 Å². The number of ether oxygens (including phenoxy) is 3. The highest BCUT2D eigenvalue weighted by Gasteiger charge is 2.36. The summed E-state index contributed by atoms with van der Waals surface area (Å²) >= 11 is 0. The number of carbonyl (C=O) groups is 1. The number of benzene rings is 3. The van der Waals surface area contributed by atoms with Crippen LogP contribution in [-0.2, 0) is 4.74 Å². The van der Waals surface area contributed by atoms with Crippen molar-refractivity contribution in [1.82, 2.24) is 0 Å². The van der Waals surface area contributed by atoms with Gasteiger partial charge in [-0.05, 0) is 17.7 Å². The molecule has 1 heterocycles. The van der Waals surface area contributed by atoms with E-state index in [2.05, 4.69) is 10.5 Å². The van der Waals surface area contributed by atoms with E-state index in [4.69, 9.17) is 14.2 Å². The van der Waals surface area contributed by atoms with Crippen LogP contribution in [0.15, 0.2) is 65.8 Å². The topological polar surface area (TPSA) is 155 Å². The molecule has 0 radical (unpaired) electrons. The summed E-state index contributed by atoms with van der Waals surface area (Å²) in [6, 6.07) is 15.6. The van der Waals surface area contributed by atoms with Gasteiger partial charge in [-0.2, -0.15) is 5.10 Å². The zero-order chi connectivity index (χ0) is 25.8. The van der Waals surface area contributed by atoms with Crippen LogP contribution in [0.25, 0.3) is 0 Å². The molecule has 3 aromatic carbocycles. The molecule has 0 saturated carbocycles. The number of carbonyl (C=O) groups excluding carboxylic acids is 1. The summed E-state index contributed by atoms with van der Waals surface area (Å²) in [5.74, 6) is 0.0791. The first-order valence-corrected chi connectivity index (χ1v) is 10.6. The average Bonchev–Trinajstić information content (AvgIpc) is 3.21. The minimum absolute atomic E-state index is 0.0331. The molecule has 0 spiro atoms. The Morgan fingerprint density at radius 1 is 1.03 bits per heavy atom. The number of nitro groups is 2. The van der Waals surface area contributed by atoms with Crippen LogP contribution in [0.1, 0.15) is 34.0 Å². The highest BCUT2D eigenvalue weighted by atomic mass is 16.6. The van der Waals surface area contributed by atoms with E-state index in [1.54, 1.807) is 36.4 Å². The molecule has 12 nitrogen and oxygen atoms in total. The van der Waals surface area contributed by atoms with Gasteiger partial charge in [0.05, 0.1) is 35.8 Å². The molecule has 184 valence electrons. The second kappa shape index (κ2) is 10.1. The van der Waals surface area contributed by atoms with E-state index in [0.29, 0.717) is 22.6 Å². The Hall–Kier alpha value is -5.00. The number of esters is 1. The lowest BCUT2D eigenvalue weighted by Gasteiger charge is -2.14. The molecule has 1 aliphatic heterocycles. The average molecular weight is 492 g/mol. The summed E-state index contributed by atoms with van der Waals surface area (Å²) in [4.78, 5) is 33.7. The lowest BCUT2D eigenvalue weighted by atomic mass is 9.97. The number of hydrazone groups is 1. The molecule has 0 fully saturated rings. The number of cyclic esters (lactones) is 1. The lowest BCUT2D eigenvalue weighted by molar-refractivity contribution is -0.393. The van der Waals surface area contributed by atoms with Crippen molar-refractivity contribution >= 4 is 28.7 Å². The predicted octanol–water partition coefficient (Wildman–Crippen LogP) is 4.64. The first-order valence-electron chi connectivity index (χ1n) is 10.6. The minimum Gasteiger partial charge on any atom is -0.493 e. The number of anilines is 1. The molecule has 0 saturated heterocycles. The maximum absolute atomic E-state index is 12.7. The summed E-state index contributed by atoms with van der Waals surface area (Å²) in [7, 11) is 2.89. The van der Waals surface area contributed by atoms with Crippen LogP contribution in [0.3, 0.4) is 0 Å². The maximum Gasteiger partial charge on any atom is 0.343 e. The molecule has 12 heteroatoms. The molecule has 0 aliphatic carbocycles. The number of nitro benzene ring substituents is 2. The number of nitrogens with zero attached hydrogens (tertiary/aromatic N) is 3. The fraction of sp³-hybridized carbons (Fsp3) is 0.167. The molecule has 0 bridgehead atoms. The Balaban J connectivity index is 1.71. The summed E-state index contributed by atoms with van der Waals surface area (Å²) in [5.41, 5.74) is 3.65. The normalized spacial score (nSPS) is 14.6. The molecule has 4 rings (SSSR count). The van der Waals surface area contributed by atoms with Crippen LogP contribution in [0, 0.1) is 20.2 Å². The van der Waals surface area contributed by atoms with Crippen LogP contribution < -0.4 is 14.9 Å². The molecule has 1 atom stereocenters. The first-order chi connectivity index (χ1) is 17.3. The van der Waals surface area contributed by atoms with Crippen molar-refractivity contribution in [2.24, 2.45) is 5.10 Å². The highest BCUT2D eigenvalue weighted by Crippen LogP contribution is 2.43. The number of hydrogen-bond donors (Lipinski definition) is 1. The number of nitrogens with one attached hydrogen (secondary N) is 1. The lowest BCUT2D eigenvalue weighted by Crippen LogP contribution is -2.11.